The van der Waals surface area contributed by atoms with Crippen molar-refractivity contribution in [1.82, 2.24) is 9.88 Å². The number of amides is 1. The number of carbonyl (C=O) groups is 2. The molecule has 1 aliphatic heterocycles. The van der Waals surface area contributed by atoms with Crippen LogP contribution >= 0.6 is 11.3 Å². The summed E-state index contributed by atoms with van der Waals surface area (Å²) in [6.45, 7) is 1.74. The lowest BCUT2D eigenvalue weighted by Crippen LogP contribution is -2.43. The molecule has 1 atom stereocenters. The molecule has 1 unspecified atom stereocenters. The van der Waals surface area contributed by atoms with Gasteiger partial charge in [0.25, 0.3) is 5.91 Å². The van der Waals surface area contributed by atoms with Crippen molar-refractivity contribution in [2.24, 2.45) is 0 Å². The number of allylic oxidation sites excluding steroid dienone is 1. The normalized spacial score (nSPS) is 19.8. The fraction of sp³-hybridized carbons (Fsp3) is 0.370. The number of ether oxygens (including phenoxy) is 1. The minimum Gasteiger partial charge on any atom is -0.452 e. The maximum absolute atomic E-state index is 13.5. The molecule has 36 heavy (non-hydrogen) atoms. The first-order valence-corrected chi connectivity index (χ1v) is 14.9. The number of likely N-dealkylation sites (N-methyl/N-ethyl adjacent to an activating group) is 1. The van der Waals surface area contributed by atoms with Crippen LogP contribution in [0.2, 0.25) is 0 Å². The van der Waals surface area contributed by atoms with Crippen LogP contribution in [0.5, 0.6) is 0 Å². The molecular formula is C27H28N2O5S2. The molecule has 9 heteroatoms. The summed E-state index contributed by atoms with van der Waals surface area (Å²) in [5.41, 5.74) is 3.94. The third-order valence-corrected chi connectivity index (χ3v) is 9.44. The van der Waals surface area contributed by atoms with Crippen molar-refractivity contribution in [2.45, 2.75) is 38.6 Å². The Morgan fingerprint density at radius 3 is 2.75 bits per heavy atom. The molecule has 0 bridgehead atoms. The average Bonchev–Trinajstić information content (AvgIpc) is 3.51. The predicted octanol–water partition coefficient (Wildman–Crippen LogP) is 4.37. The van der Waals surface area contributed by atoms with Gasteiger partial charge in [-0.3, -0.25) is 4.79 Å². The molecule has 1 amide bonds. The maximum atomic E-state index is 13.5. The lowest BCUT2D eigenvalue weighted by atomic mass is 9.86. The first-order valence-electron chi connectivity index (χ1n) is 12.2. The number of para-hydroxylation sites is 1. The van der Waals surface area contributed by atoms with Crippen molar-refractivity contribution in [2.75, 3.05) is 24.7 Å². The molecule has 1 aromatic carbocycles. The zero-order valence-electron chi connectivity index (χ0n) is 20.1. The minimum atomic E-state index is -3.13. The summed E-state index contributed by atoms with van der Waals surface area (Å²) >= 11 is 1.66. The van der Waals surface area contributed by atoms with Crippen LogP contribution in [-0.4, -0.2) is 60.9 Å². The number of hydrogen-bond acceptors (Lipinski definition) is 7. The van der Waals surface area contributed by atoms with Crippen molar-refractivity contribution >= 4 is 55.6 Å². The number of pyridine rings is 1. The van der Waals surface area contributed by atoms with Crippen LogP contribution in [0.15, 0.2) is 41.8 Å². The van der Waals surface area contributed by atoms with Crippen LogP contribution < -0.4 is 0 Å². The van der Waals surface area contributed by atoms with Crippen molar-refractivity contribution in [1.29, 1.82) is 0 Å². The topological polar surface area (TPSA) is 93.6 Å². The van der Waals surface area contributed by atoms with E-state index in [1.54, 1.807) is 18.3 Å². The summed E-state index contributed by atoms with van der Waals surface area (Å²) < 4.78 is 29.4. The van der Waals surface area contributed by atoms with E-state index in [0.29, 0.717) is 35.9 Å². The van der Waals surface area contributed by atoms with Crippen LogP contribution in [0.4, 0.5) is 0 Å². The Morgan fingerprint density at radius 2 is 2.03 bits per heavy atom. The lowest BCUT2D eigenvalue weighted by Gasteiger charge is -2.27. The highest BCUT2D eigenvalue weighted by Gasteiger charge is 2.34. The summed E-state index contributed by atoms with van der Waals surface area (Å²) in [5, 5.41) is 2.74. The predicted molar refractivity (Wildman–Crippen MR) is 142 cm³/mol. The Hall–Kier alpha value is -3.04. The molecule has 1 saturated heterocycles. The second-order valence-corrected chi connectivity index (χ2v) is 12.4. The highest BCUT2D eigenvalue weighted by molar-refractivity contribution is 7.91. The summed E-state index contributed by atoms with van der Waals surface area (Å²) in [5.74, 6) is -0.885. The van der Waals surface area contributed by atoms with Crippen LogP contribution in [0.3, 0.4) is 0 Å². The second-order valence-electron chi connectivity index (χ2n) is 9.18. The van der Waals surface area contributed by atoms with E-state index >= 15 is 0 Å². The number of nitrogens with zero attached hydrogens (tertiary/aromatic N) is 2. The van der Waals surface area contributed by atoms with Crippen molar-refractivity contribution in [3.05, 3.63) is 63.5 Å². The zero-order chi connectivity index (χ0) is 25.3. The van der Waals surface area contributed by atoms with Crippen LogP contribution in [-0.2, 0) is 25.8 Å². The summed E-state index contributed by atoms with van der Waals surface area (Å²) in [6, 6.07) is 11.2. The Kier molecular flexibility index (Phi) is 6.94. The fourth-order valence-electron chi connectivity index (χ4n) is 5.20. The summed E-state index contributed by atoms with van der Waals surface area (Å²) in [6.07, 6.45) is 5.02. The van der Waals surface area contributed by atoms with Crippen molar-refractivity contribution < 1.29 is 22.7 Å². The van der Waals surface area contributed by atoms with Gasteiger partial charge in [0, 0.05) is 22.8 Å². The summed E-state index contributed by atoms with van der Waals surface area (Å²) in [7, 11) is -3.13. The van der Waals surface area contributed by atoms with Gasteiger partial charge in [-0.05, 0) is 67.3 Å². The molecule has 3 aromatic rings. The first kappa shape index (κ1) is 24.6. The minimum absolute atomic E-state index is 0.0393. The van der Waals surface area contributed by atoms with E-state index < -0.39 is 22.4 Å². The molecule has 1 aliphatic carbocycles. The maximum Gasteiger partial charge on any atom is 0.339 e. The van der Waals surface area contributed by atoms with Gasteiger partial charge in [-0.25, -0.2) is 18.2 Å². The number of rotatable bonds is 6. The van der Waals surface area contributed by atoms with E-state index in [1.165, 1.54) is 4.90 Å². The zero-order valence-corrected chi connectivity index (χ0v) is 21.7. The number of carbonyl (C=O) groups excluding carboxylic acids is 2. The smallest absolute Gasteiger partial charge is 0.339 e. The average molecular weight is 525 g/mol. The molecule has 0 spiro atoms. The van der Waals surface area contributed by atoms with Gasteiger partial charge in [-0.1, -0.05) is 24.3 Å². The number of aromatic nitrogens is 1. The van der Waals surface area contributed by atoms with Crippen molar-refractivity contribution in [3.63, 3.8) is 0 Å². The molecule has 188 valence electrons. The number of sulfone groups is 1. The van der Waals surface area contributed by atoms with Gasteiger partial charge in [0.1, 0.15) is 0 Å². The van der Waals surface area contributed by atoms with Gasteiger partial charge < -0.3 is 9.64 Å². The van der Waals surface area contributed by atoms with Gasteiger partial charge in [0.15, 0.2) is 16.4 Å². The van der Waals surface area contributed by atoms with E-state index in [-0.39, 0.29) is 23.5 Å². The molecule has 0 radical (unpaired) electrons. The lowest BCUT2D eigenvalue weighted by molar-refractivity contribution is -0.136. The van der Waals surface area contributed by atoms with Gasteiger partial charge in [0.05, 0.1) is 28.3 Å². The molecule has 5 rings (SSSR count). The highest BCUT2D eigenvalue weighted by Crippen LogP contribution is 2.37. The number of benzene rings is 1. The van der Waals surface area contributed by atoms with E-state index in [0.717, 1.165) is 34.5 Å². The molecule has 3 heterocycles. The highest BCUT2D eigenvalue weighted by atomic mass is 32.2. The Labute approximate surface area is 214 Å². The van der Waals surface area contributed by atoms with Gasteiger partial charge in [-0.15, -0.1) is 11.3 Å². The van der Waals surface area contributed by atoms with Crippen LogP contribution in [0.1, 0.15) is 52.7 Å². The number of hydrogen-bond donors (Lipinski definition) is 0. The quantitative estimate of drug-likeness (QED) is 0.445. The first-order chi connectivity index (χ1) is 17.4. The van der Waals surface area contributed by atoms with E-state index in [4.69, 9.17) is 9.72 Å². The second kappa shape index (κ2) is 10.1. The van der Waals surface area contributed by atoms with Gasteiger partial charge in [-0.2, -0.15) is 0 Å². The van der Waals surface area contributed by atoms with Gasteiger partial charge in [0.2, 0.25) is 0 Å². The number of thiophene rings is 1. The number of fused-ring (bicyclic) bond motifs is 2. The third-order valence-electron chi connectivity index (χ3n) is 6.87. The van der Waals surface area contributed by atoms with Crippen molar-refractivity contribution in [3.8, 4) is 0 Å². The van der Waals surface area contributed by atoms with Gasteiger partial charge >= 0.3 is 5.97 Å². The molecule has 0 N–H and O–H groups in total. The fourth-order valence-corrected chi connectivity index (χ4v) is 7.61. The van der Waals surface area contributed by atoms with Crippen LogP contribution in [0, 0.1) is 0 Å². The van der Waals surface area contributed by atoms with E-state index in [1.807, 2.05) is 35.7 Å². The SMILES string of the molecule is CCN(C(=O)COC(=O)c1c2c(nc3ccccc13)/C(=C\c1cccs1)CCC2)C1CCS(=O)(=O)C1. The molecular weight excluding hydrogens is 496 g/mol. The largest absolute Gasteiger partial charge is 0.452 e. The molecule has 1 fully saturated rings. The monoisotopic (exact) mass is 524 g/mol. The molecule has 0 saturated carbocycles. The van der Waals surface area contributed by atoms with E-state index in [2.05, 4.69) is 12.1 Å². The summed E-state index contributed by atoms with van der Waals surface area (Å²) in [4.78, 5) is 34.0. The molecule has 2 aliphatic rings. The standard InChI is InChI=1S/C27H28N2O5S2/c1-2-29(19-12-14-36(32,33)17-19)24(30)16-34-27(31)25-21-9-3-4-11-23(21)28-26-18(7-5-10-22(25)26)15-20-8-6-13-35-20/h3-4,6,8-9,11,13,15,19H,2,5,7,10,12,14,16-17H2,1H3/b18-15-. The Bertz CT molecular complexity index is 1440. The molecule has 2 aromatic heterocycles. The van der Waals surface area contributed by atoms with Crippen LogP contribution in [0.25, 0.3) is 22.6 Å². The third kappa shape index (κ3) is 4.95. The Balaban J connectivity index is 1.44. The number of esters is 1. The van der Waals surface area contributed by atoms with E-state index in [9.17, 15) is 18.0 Å². The molecule has 7 nitrogen and oxygen atoms in total. The Morgan fingerprint density at radius 1 is 1.19 bits per heavy atom.